The summed E-state index contributed by atoms with van der Waals surface area (Å²) < 4.78 is 0. The van der Waals surface area contributed by atoms with E-state index in [1.165, 1.54) is 5.56 Å². The van der Waals surface area contributed by atoms with Gasteiger partial charge in [-0.3, -0.25) is 4.79 Å². The molecule has 1 unspecified atom stereocenters. The van der Waals surface area contributed by atoms with Gasteiger partial charge in [-0.2, -0.15) is 0 Å². The van der Waals surface area contributed by atoms with Gasteiger partial charge in [0.1, 0.15) is 12.1 Å². The van der Waals surface area contributed by atoms with Gasteiger partial charge in [0.2, 0.25) is 5.91 Å². The standard InChI is InChI=1S/C22H24N4O/c1-16-6-5-9-19-21(16)22(25-15-24-19)23-13-18-12-20(27)26(14-18)11-10-17-7-3-2-4-8-17/h2-9,15,18H,10-14H2,1H3,(H,23,24,25). The maximum absolute atomic E-state index is 12.4. The molecule has 27 heavy (non-hydrogen) atoms. The SMILES string of the molecule is Cc1cccc2ncnc(NCC3CC(=O)N(CCc4ccccc4)C3)c12. The molecular formula is C22H24N4O. The summed E-state index contributed by atoms with van der Waals surface area (Å²) in [4.78, 5) is 23.1. The summed E-state index contributed by atoms with van der Waals surface area (Å²) in [5, 5.41) is 4.52. The molecule has 1 aliphatic rings. The number of carbonyl (C=O) groups is 1. The van der Waals surface area contributed by atoms with Crippen molar-refractivity contribution < 1.29 is 4.79 Å². The number of fused-ring (bicyclic) bond motifs is 1. The van der Waals surface area contributed by atoms with E-state index in [2.05, 4.69) is 40.4 Å². The summed E-state index contributed by atoms with van der Waals surface area (Å²) in [5.74, 6) is 1.41. The first-order chi connectivity index (χ1) is 13.2. The van der Waals surface area contributed by atoms with Crippen LogP contribution in [0.2, 0.25) is 0 Å². The molecule has 0 aliphatic carbocycles. The van der Waals surface area contributed by atoms with Gasteiger partial charge in [0.25, 0.3) is 0 Å². The molecule has 0 saturated carbocycles. The number of rotatable bonds is 6. The lowest BCUT2D eigenvalue weighted by atomic mass is 10.1. The summed E-state index contributed by atoms with van der Waals surface area (Å²) >= 11 is 0. The van der Waals surface area contributed by atoms with E-state index in [-0.39, 0.29) is 5.91 Å². The summed E-state index contributed by atoms with van der Waals surface area (Å²) in [6, 6.07) is 16.4. The largest absolute Gasteiger partial charge is 0.369 e. The van der Waals surface area contributed by atoms with Crippen LogP contribution in [0.25, 0.3) is 10.9 Å². The number of nitrogens with one attached hydrogen (secondary N) is 1. The summed E-state index contributed by atoms with van der Waals surface area (Å²) in [6.45, 7) is 4.41. The van der Waals surface area contributed by atoms with Crippen molar-refractivity contribution in [2.75, 3.05) is 25.0 Å². The number of likely N-dealkylation sites (tertiary alicyclic amines) is 1. The molecule has 1 aliphatic heterocycles. The molecule has 5 nitrogen and oxygen atoms in total. The van der Waals surface area contributed by atoms with Crippen LogP contribution in [-0.2, 0) is 11.2 Å². The number of anilines is 1. The van der Waals surface area contributed by atoms with Crippen LogP contribution in [0.1, 0.15) is 17.5 Å². The van der Waals surface area contributed by atoms with Gasteiger partial charge in [-0.15, -0.1) is 0 Å². The Hall–Kier alpha value is -2.95. The first-order valence-corrected chi connectivity index (χ1v) is 9.46. The molecule has 138 valence electrons. The molecule has 2 aromatic carbocycles. The van der Waals surface area contributed by atoms with E-state index in [0.29, 0.717) is 12.3 Å². The van der Waals surface area contributed by atoms with Crippen LogP contribution < -0.4 is 5.32 Å². The molecule has 0 bridgehead atoms. The molecule has 0 radical (unpaired) electrons. The number of benzene rings is 2. The molecular weight excluding hydrogens is 336 g/mol. The van der Waals surface area contributed by atoms with Crippen molar-refractivity contribution in [2.45, 2.75) is 19.8 Å². The number of aromatic nitrogens is 2. The predicted molar refractivity (Wildman–Crippen MR) is 108 cm³/mol. The summed E-state index contributed by atoms with van der Waals surface area (Å²) in [5.41, 5.74) is 3.37. The lowest BCUT2D eigenvalue weighted by Crippen LogP contribution is -2.28. The van der Waals surface area contributed by atoms with Crippen molar-refractivity contribution >= 4 is 22.6 Å². The fourth-order valence-corrected chi connectivity index (χ4v) is 3.77. The first-order valence-electron chi connectivity index (χ1n) is 9.46. The van der Waals surface area contributed by atoms with Gasteiger partial charge < -0.3 is 10.2 Å². The zero-order chi connectivity index (χ0) is 18.6. The molecule has 4 rings (SSSR count). The minimum Gasteiger partial charge on any atom is -0.369 e. The minimum absolute atomic E-state index is 0.251. The van der Waals surface area contributed by atoms with E-state index in [4.69, 9.17) is 0 Å². The molecule has 5 heteroatoms. The second kappa shape index (κ2) is 7.74. The number of amides is 1. The average molecular weight is 360 g/mol. The van der Waals surface area contributed by atoms with Crippen molar-refractivity contribution in [3.63, 3.8) is 0 Å². The topological polar surface area (TPSA) is 58.1 Å². The molecule has 2 heterocycles. The van der Waals surface area contributed by atoms with Crippen molar-refractivity contribution in [1.29, 1.82) is 0 Å². The number of carbonyl (C=O) groups excluding carboxylic acids is 1. The molecule has 1 amide bonds. The van der Waals surface area contributed by atoms with Crippen LogP contribution in [-0.4, -0.2) is 40.4 Å². The van der Waals surface area contributed by atoms with E-state index in [9.17, 15) is 4.79 Å². The van der Waals surface area contributed by atoms with E-state index in [1.54, 1.807) is 6.33 Å². The van der Waals surface area contributed by atoms with E-state index in [0.717, 1.165) is 48.3 Å². The Bertz CT molecular complexity index is 936. The van der Waals surface area contributed by atoms with Crippen LogP contribution >= 0.6 is 0 Å². The monoisotopic (exact) mass is 360 g/mol. The van der Waals surface area contributed by atoms with E-state index >= 15 is 0 Å². The second-order valence-corrected chi connectivity index (χ2v) is 7.22. The van der Waals surface area contributed by atoms with Gasteiger partial charge in [-0.05, 0) is 30.5 Å². The Morgan fingerprint density at radius 1 is 1.11 bits per heavy atom. The highest BCUT2D eigenvalue weighted by Crippen LogP contribution is 2.24. The fraction of sp³-hybridized carbons (Fsp3) is 0.318. The lowest BCUT2D eigenvalue weighted by molar-refractivity contribution is -0.127. The maximum atomic E-state index is 12.4. The molecule has 3 aromatic rings. The van der Waals surface area contributed by atoms with Gasteiger partial charge in [-0.1, -0.05) is 42.5 Å². The number of nitrogens with zero attached hydrogens (tertiary/aromatic N) is 3. The molecule has 1 atom stereocenters. The zero-order valence-electron chi connectivity index (χ0n) is 15.6. The summed E-state index contributed by atoms with van der Waals surface area (Å²) in [6.07, 6.45) is 3.10. The molecule has 1 N–H and O–H groups in total. The molecule has 1 aromatic heterocycles. The highest BCUT2D eigenvalue weighted by molar-refractivity contribution is 5.91. The van der Waals surface area contributed by atoms with Crippen LogP contribution in [0.3, 0.4) is 0 Å². The van der Waals surface area contributed by atoms with E-state index < -0.39 is 0 Å². The van der Waals surface area contributed by atoms with E-state index in [1.807, 2.05) is 35.2 Å². The predicted octanol–water partition coefficient (Wildman–Crippen LogP) is 3.44. The quantitative estimate of drug-likeness (QED) is 0.732. The summed E-state index contributed by atoms with van der Waals surface area (Å²) in [7, 11) is 0. The highest BCUT2D eigenvalue weighted by atomic mass is 16.2. The number of aryl methyl sites for hydroxylation is 1. The Morgan fingerprint density at radius 3 is 2.81 bits per heavy atom. The lowest BCUT2D eigenvalue weighted by Gasteiger charge is -2.17. The average Bonchev–Trinajstić information content (AvgIpc) is 3.05. The Labute approximate surface area is 159 Å². The maximum Gasteiger partial charge on any atom is 0.223 e. The third-order valence-electron chi connectivity index (χ3n) is 5.24. The second-order valence-electron chi connectivity index (χ2n) is 7.22. The van der Waals surface area contributed by atoms with Gasteiger partial charge in [-0.25, -0.2) is 9.97 Å². The smallest absolute Gasteiger partial charge is 0.223 e. The van der Waals surface area contributed by atoms with Crippen LogP contribution in [0.5, 0.6) is 0 Å². The Morgan fingerprint density at radius 2 is 1.96 bits per heavy atom. The highest BCUT2D eigenvalue weighted by Gasteiger charge is 2.29. The minimum atomic E-state index is 0.251. The number of hydrogen-bond donors (Lipinski definition) is 1. The normalized spacial score (nSPS) is 16.9. The van der Waals surface area contributed by atoms with Gasteiger partial charge >= 0.3 is 0 Å². The molecule has 1 saturated heterocycles. The van der Waals surface area contributed by atoms with Crippen molar-refractivity contribution in [1.82, 2.24) is 14.9 Å². The van der Waals surface area contributed by atoms with Crippen molar-refractivity contribution in [3.05, 3.63) is 66.0 Å². The van der Waals surface area contributed by atoms with Crippen molar-refractivity contribution in [2.24, 2.45) is 5.92 Å². The van der Waals surface area contributed by atoms with Crippen molar-refractivity contribution in [3.8, 4) is 0 Å². The fourth-order valence-electron chi connectivity index (χ4n) is 3.77. The Kier molecular flexibility index (Phi) is 5.01. The third-order valence-corrected chi connectivity index (χ3v) is 5.24. The third kappa shape index (κ3) is 3.92. The zero-order valence-corrected chi connectivity index (χ0v) is 15.6. The first kappa shape index (κ1) is 17.5. The van der Waals surface area contributed by atoms with Gasteiger partial charge in [0.05, 0.1) is 5.52 Å². The Balaban J connectivity index is 1.37. The molecule has 0 spiro atoms. The van der Waals surface area contributed by atoms with Crippen LogP contribution in [0.4, 0.5) is 5.82 Å². The van der Waals surface area contributed by atoms with Crippen LogP contribution in [0.15, 0.2) is 54.9 Å². The van der Waals surface area contributed by atoms with Crippen LogP contribution in [0, 0.1) is 12.8 Å². The van der Waals surface area contributed by atoms with Gasteiger partial charge in [0, 0.05) is 37.4 Å². The van der Waals surface area contributed by atoms with Gasteiger partial charge in [0.15, 0.2) is 0 Å². The molecule has 1 fully saturated rings. The number of hydrogen-bond acceptors (Lipinski definition) is 4.